The van der Waals surface area contributed by atoms with Crippen LogP contribution in [-0.4, -0.2) is 24.5 Å². The largest absolute Gasteiger partial charge is 0.496 e. The van der Waals surface area contributed by atoms with Crippen LogP contribution in [0.25, 0.3) is 0 Å². The van der Waals surface area contributed by atoms with Crippen LogP contribution in [0.3, 0.4) is 0 Å². The molecule has 3 nitrogen and oxygen atoms in total. The average Bonchev–Trinajstić information content (AvgIpc) is 3.18. The van der Waals surface area contributed by atoms with E-state index in [0.29, 0.717) is 6.42 Å². The van der Waals surface area contributed by atoms with E-state index in [1.807, 2.05) is 39.9 Å². The van der Waals surface area contributed by atoms with Crippen LogP contribution in [-0.2, 0) is 11.2 Å². The minimum atomic E-state index is 0.146. The number of methoxy groups -OCH3 is 1. The number of benzene rings is 1. The lowest BCUT2D eigenvalue weighted by Crippen LogP contribution is -2.31. The zero-order chi connectivity index (χ0) is 14.7. The molecule has 1 aromatic carbocycles. The molecule has 0 spiro atoms. The van der Waals surface area contributed by atoms with E-state index in [-0.39, 0.29) is 11.9 Å². The van der Waals surface area contributed by atoms with Crippen LogP contribution >= 0.6 is 11.3 Å². The maximum Gasteiger partial charge on any atom is 0.227 e. The fourth-order valence-corrected chi connectivity index (χ4v) is 3.67. The van der Waals surface area contributed by atoms with Gasteiger partial charge in [-0.1, -0.05) is 18.2 Å². The minimum absolute atomic E-state index is 0.146. The summed E-state index contributed by atoms with van der Waals surface area (Å²) in [6.07, 6.45) is 2.56. The second kappa shape index (κ2) is 6.31. The molecular formula is C17H19NO2S. The van der Waals surface area contributed by atoms with Gasteiger partial charge in [-0.2, -0.15) is 11.3 Å². The van der Waals surface area contributed by atoms with Gasteiger partial charge in [0.05, 0.1) is 19.6 Å². The fraction of sp³-hybridized carbons (Fsp3) is 0.353. The molecule has 4 heteroatoms. The van der Waals surface area contributed by atoms with Gasteiger partial charge >= 0.3 is 0 Å². The van der Waals surface area contributed by atoms with Crippen molar-refractivity contribution in [2.75, 3.05) is 13.7 Å². The summed E-state index contributed by atoms with van der Waals surface area (Å²) in [5, 5.41) is 4.07. The molecule has 1 aromatic heterocycles. The third-order valence-corrected chi connectivity index (χ3v) is 4.74. The third-order valence-electron chi connectivity index (χ3n) is 4.01. The molecule has 1 amide bonds. The first-order valence-electron chi connectivity index (χ1n) is 7.23. The topological polar surface area (TPSA) is 29.5 Å². The van der Waals surface area contributed by atoms with E-state index in [1.165, 1.54) is 0 Å². The number of hydrogen-bond donors (Lipinski definition) is 0. The number of carbonyl (C=O) groups is 1. The Morgan fingerprint density at radius 3 is 3.00 bits per heavy atom. The third kappa shape index (κ3) is 2.95. The van der Waals surface area contributed by atoms with Gasteiger partial charge in [-0.05, 0) is 41.3 Å². The van der Waals surface area contributed by atoms with Crippen molar-refractivity contribution in [1.29, 1.82) is 0 Å². The highest BCUT2D eigenvalue weighted by atomic mass is 32.1. The minimum Gasteiger partial charge on any atom is -0.496 e. The fourth-order valence-electron chi connectivity index (χ4n) is 3.00. The summed E-state index contributed by atoms with van der Waals surface area (Å²) in [4.78, 5) is 14.6. The van der Waals surface area contributed by atoms with Crippen molar-refractivity contribution < 1.29 is 9.53 Å². The van der Waals surface area contributed by atoms with Gasteiger partial charge in [-0.25, -0.2) is 0 Å². The summed E-state index contributed by atoms with van der Waals surface area (Å²) in [6.45, 7) is 0.839. The first-order chi connectivity index (χ1) is 10.3. The molecule has 1 fully saturated rings. The summed E-state index contributed by atoms with van der Waals surface area (Å²) < 4.78 is 5.46. The Balaban J connectivity index is 1.80. The van der Waals surface area contributed by atoms with E-state index in [4.69, 9.17) is 4.74 Å². The first-order valence-corrected chi connectivity index (χ1v) is 8.17. The smallest absolute Gasteiger partial charge is 0.227 e. The lowest BCUT2D eigenvalue weighted by Gasteiger charge is -2.26. The van der Waals surface area contributed by atoms with E-state index in [0.717, 1.165) is 36.3 Å². The molecular weight excluding hydrogens is 282 g/mol. The Bertz CT molecular complexity index is 609. The molecule has 110 valence electrons. The zero-order valence-corrected chi connectivity index (χ0v) is 12.9. The highest BCUT2D eigenvalue weighted by molar-refractivity contribution is 7.07. The van der Waals surface area contributed by atoms with Gasteiger partial charge in [0.1, 0.15) is 5.75 Å². The molecule has 0 unspecified atom stereocenters. The average molecular weight is 301 g/mol. The molecule has 0 aliphatic carbocycles. The van der Waals surface area contributed by atoms with Crippen LogP contribution in [0.4, 0.5) is 0 Å². The zero-order valence-electron chi connectivity index (χ0n) is 12.1. The molecule has 0 saturated carbocycles. The van der Waals surface area contributed by atoms with E-state index in [2.05, 4.69) is 6.07 Å². The Labute approximate surface area is 129 Å². The molecule has 0 N–H and O–H groups in total. The van der Waals surface area contributed by atoms with Crippen LogP contribution in [0, 0.1) is 0 Å². The molecule has 1 aliphatic heterocycles. The Morgan fingerprint density at radius 1 is 1.38 bits per heavy atom. The number of nitrogens with zero attached hydrogens (tertiary/aromatic N) is 1. The van der Waals surface area contributed by atoms with Gasteiger partial charge in [-0.15, -0.1) is 0 Å². The van der Waals surface area contributed by atoms with Crippen LogP contribution in [0.5, 0.6) is 5.75 Å². The van der Waals surface area contributed by atoms with E-state index in [1.54, 1.807) is 18.4 Å². The van der Waals surface area contributed by atoms with Crippen LogP contribution < -0.4 is 4.74 Å². The summed E-state index contributed by atoms with van der Waals surface area (Å²) in [6, 6.07) is 10.2. The van der Waals surface area contributed by atoms with Crippen molar-refractivity contribution in [3.05, 3.63) is 52.2 Å². The van der Waals surface area contributed by atoms with E-state index < -0.39 is 0 Å². The van der Waals surface area contributed by atoms with Crippen molar-refractivity contribution >= 4 is 17.2 Å². The summed E-state index contributed by atoms with van der Waals surface area (Å²) in [5.41, 5.74) is 2.23. The predicted molar refractivity (Wildman–Crippen MR) is 84.7 cm³/mol. The molecule has 0 bridgehead atoms. The van der Waals surface area contributed by atoms with Crippen molar-refractivity contribution in [3.8, 4) is 5.75 Å². The molecule has 1 aliphatic rings. The van der Waals surface area contributed by atoms with Gasteiger partial charge in [0.25, 0.3) is 0 Å². The summed E-state index contributed by atoms with van der Waals surface area (Å²) in [7, 11) is 1.69. The molecule has 0 radical (unpaired) electrons. The second-order valence-electron chi connectivity index (χ2n) is 5.30. The van der Waals surface area contributed by atoms with Gasteiger partial charge < -0.3 is 9.64 Å². The van der Waals surface area contributed by atoms with Gasteiger partial charge in [0.15, 0.2) is 0 Å². The molecule has 1 atom stereocenters. The van der Waals surface area contributed by atoms with Crippen molar-refractivity contribution in [2.24, 2.45) is 0 Å². The second-order valence-corrected chi connectivity index (χ2v) is 6.08. The van der Waals surface area contributed by atoms with Crippen LogP contribution in [0.15, 0.2) is 41.1 Å². The summed E-state index contributed by atoms with van der Waals surface area (Å²) in [5.74, 6) is 1.08. The number of para-hydroxylation sites is 1. The maximum atomic E-state index is 12.6. The van der Waals surface area contributed by atoms with Crippen molar-refractivity contribution in [3.63, 3.8) is 0 Å². The van der Waals surface area contributed by atoms with Crippen molar-refractivity contribution in [2.45, 2.75) is 25.3 Å². The number of likely N-dealkylation sites (tertiary alicyclic amines) is 1. The quantitative estimate of drug-likeness (QED) is 0.862. The highest BCUT2D eigenvalue weighted by Crippen LogP contribution is 2.37. The Hall–Kier alpha value is -1.81. The molecule has 1 saturated heterocycles. The molecule has 21 heavy (non-hydrogen) atoms. The van der Waals surface area contributed by atoms with Gasteiger partial charge in [-0.3, -0.25) is 4.79 Å². The van der Waals surface area contributed by atoms with Crippen LogP contribution in [0.2, 0.25) is 0 Å². The number of hydrogen-bond acceptors (Lipinski definition) is 3. The monoisotopic (exact) mass is 301 g/mol. The Kier molecular flexibility index (Phi) is 4.25. The number of amides is 1. The predicted octanol–water partition coefficient (Wildman–Crippen LogP) is 3.66. The molecule has 3 rings (SSSR count). The SMILES string of the molecule is COc1ccccc1[C@@H]1CCCN1C(=O)Cc1ccsc1. The lowest BCUT2D eigenvalue weighted by molar-refractivity contribution is -0.131. The highest BCUT2D eigenvalue weighted by Gasteiger charge is 2.31. The maximum absolute atomic E-state index is 12.6. The molecule has 2 heterocycles. The van der Waals surface area contributed by atoms with Gasteiger partial charge in [0, 0.05) is 12.1 Å². The van der Waals surface area contributed by atoms with Gasteiger partial charge in [0.2, 0.25) is 5.91 Å². The first kappa shape index (κ1) is 14.1. The standard InChI is InChI=1S/C17H19NO2S/c1-20-16-7-3-2-5-14(16)15-6-4-9-18(15)17(19)11-13-8-10-21-12-13/h2-3,5,7-8,10,12,15H,4,6,9,11H2,1H3/t15-/m0/s1. The number of carbonyl (C=O) groups excluding carboxylic acids is 1. The normalized spacial score (nSPS) is 18.0. The van der Waals surface area contributed by atoms with Crippen LogP contribution in [0.1, 0.15) is 30.0 Å². The molecule has 2 aromatic rings. The summed E-state index contributed by atoms with van der Waals surface area (Å²) >= 11 is 1.64. The number of thiophene rings is 1. The lowest BCUT2D eigenvalue weighted by atomic mass is 10.0. The van der Waals surface area contributed by atoms with E-state index in [9.17, 15) is 4.79 Å². The Morgan fingerprint density at radius 2 is 2.24 bits per heavy atom. The van der Waals surface area contributed by atoms with E-state index >= 15 is 0 Å². The van der Waals surface area contributed by atoms with Crippen molar-refractivity contribution in [1.82, 2.24) is 4.90 Å². The number of ether oxygens (including phenoxy) is 1. The number of rotatable bonds is 4.